The summed E-state index contributed by atoms with van der Waals surface area (Å²) in [5.74, 6) is 0.797. The molecule has 172 valence electrons. The van der Waals surface area contributed by atoms with Crippen molar-refractivity contribution in [1.29, 1.82) is 10.7 Å². The van der Waals surface area contributed by atoms with Crippen LogP contribution >= 0.6 is 0 Å². The van der Waals surface area contributed by atoms with Crippen LogP contribution in [0.3, 0.4) is 0 Å². The highest BCUT2D eigenvalue weighted by molar-refractivity contribution is 5.98. The summed E-state index contributed by atoms with van der Waals surface area (Å²) in [7, 11) is 3.31. The molecule has 8 nitrogen and oxygen atoms in total. The minimum atomic E-state index is -0.619. The number of carbonyl (C=O) groups is 1. The maximum Gasteiger partial charge on any atom is 0.248 e. The monoisotopic (exact) mass is 456 g/mol. The highest BCUT2D eigenvalue weighted by Crippen LogP contribution is 2.25. The van der Waals surface area contributed by atoms with Crippen LogP contribution < -0.4 is 15.2 Å². The van der Waals surface area contributed by atoms with Crippen LogP contribution in [0.25, 0.3) is 10.9 Å². The molecule has 0 fully saturated rings. The molecule has 8 heteroatoms. The lowest BCUT2D eigenvalue weighted by Gasteiger charge is -2.10. The van der Waals surface area contributed by atoms with E-state index in [4.69, 9.17) is 31.0 Å². The smallest absolute Gasteiger partial charge is 0.248 e. The van der Waals surface area contributed by atoms with Crippen LogP contribution in [0.1, 0.15) is 27.0 Å². The number of primary amides is 1. The Bertz CT molecular complexity index is 1360. The van der Waals surface area contributed by atoms with Gasteiger partial charge in [0.1, 0.15) is 23.3 Å². The summed E-state index contributed by atoms with van der Waals surface area (Å²) in [6.45, 7) is 0.721. The van der Waals surface area contributed by atoms with Crippen molar-refractivity contribution in [2.75, 3.05) is 14.2 Å². The maximum absolute atomic E-state index is 10.6. The van der Waals surface area contributed by atoms with Gasteiger partial charge in [-0.1, -0.05) is 12.1 Å². The van der Waals surface area contributed by atoms with Crippen molar-refractivity contribution >= 4 is 23.0 Å². The van der Waals surface area contributed by atoms with E-state index in [0.717, 1.165) is 40.1 Å². The molecule has 34 heavy (non-hydrogen) atoms. The molecular weight excluding hydrogens is 432 g/mol. The lowest BCUT2D eigenvalue weighted by molar-refractivity contribution is 0.1000. The highest BCUT2D eigenvalue weighted by Gasteiger charge is 2.07. The van der Waals surface area contributed by atoms with E-state index in [9.17, 15) is 4.79 Å². The number of nitrogens with zero attached hydrogens (tertiary/aromatic N) is 2. The van der Waals surface area contributed by atoms with Crippen LogP contribution in [0.2, 0.25) is 0 Å². The average Bonchev–Trinajstić information content (AvgIpc) is 3.27. The Morgan fingerprint density at radius 2 is 1.82 bits per heavy atom. The van der Waals surface area contributed by atoms with Gasteiger partial charge >= 0.3 is 0 Å². The molecule has 0 spiro atoms. The summed E-state index contributed by atoms with van der Waals surface area (Å²) in [6.07, 6.45) is 3.44. The van der Waals surface area contributed by atoms with Gasteiger partial charge in [0.2, 0.25) is 5.91 Å². The van der Waals surface area contributed by atoms with E-state index >= 15 is 0 Å². The number of nitrogens with one attached hydrogen (secondary N) is 1. The van der Waals surface area contributed by atoms with E-state index in [2.05, 4.69) is 10.6 Å². The van der Waals surface area contributed by atoms with Crippen molar-refractivity contribution < 1.29 is 19.4 Å². The molecule has 1 heterocycles. The summed E-state index contributed by atoms with van der Waals surface area (Å²) in [6, 6.07) is 19.5. The molecule has 0 radical (unpaired) electrons. The Morgan fingerprint density at radius 1 is 1.12 bits per heavy atom. The Morgan fingerprint density at radius 3 is 2.41 bits per heavy atom. The van der Waals surface area contributed by atoms with Gasteiger partial charge in [-0.3, -0.25) is 4.79 Å². The van der Waals surface area contributed by atoms with E-state index < -0.39 is 5.91 Å². The van der Waals surface area contributed by atoms with Crippen LogP contribution in [0.4, 0.5) is 0 Å². The van der Waals surface area contributed by atoms with Crippen molar-refractivity contribution in [2.24, 2.45) is 5.73 Å². The first-order valence-electron chi connectivity index (χ1n) is 10.2. The van der Waals surface area contributed by atoms with E-state index in [-0.39, 0.29) is 16.9 Å². The summed E-state index contributed by atoms with van der Waals surface area (Å²) >= 11 is 0. The van der Waals surface area contributed by atoms with E-state index in [0.29, 0.717) is 0 Å². The number of aromatic hydroxyl groups is 1. The van der Waals surface area contributed by atoms with Crippen molar-refractivity contribution in [3.63, 3.8) is 0 Å². The molecule has 4 rings (SSSR count). The fraction of sp³-hybridized carbons (Fsp3) is 0.115. The fourth-order valence-corrected chi connectivity index (χ4v) is 3.44. The zero-order valence-corrected chi connectivity index (χ0v) is 18.8. The maximum atomic E-state index is 10.6. The van der Waals surface area contributed by atoms with Gasteiger partial charge in [0.15, 0.2) is 0 Å². The van der Waals surface area contributed by atoms with Gasteiger partial charge < -0.3 is 30.3 Å². The SMILES string of the molecule is COc1cc(Cn2ccc3c(C=N)cccc32)cc(OC)c1.N#Cc1cc(C(N)=O)ccc1O. The second kappa shape index (κ2) is 10.7. The van der Waals surface area contributed by atoms with Crippen molar-refractivity contribution in [1.82, 2.24) is 4.57 Å². The lowest BCUT2D eigenvalue weighted by atomic mass is 10.1. The number of phenolic OH excluding ortho intramolecular Hbond substituents is 1. The van der Waals surface area contributed by atoms with Crippen molar-refractivity contribution in [2.45, 2.75) is 6.54 Å². The minimum Gasteiger partial charge on any atom is -0.507 e. The normalized spacial score (nSPS) is 10.0. The number of carbonyl (C=O) groups excluding carboxylic acids is 1. The molecule has 1 aromatic heterocycles. The Balaban J connectivity index is 0.000000229. The first-order chi connectivity index (χ1) is 16.4. The molecule has 4 aromatic rings. The summed E-state index contributed by atoms with van der Waals surface area (Å²) in [5.41, 5.74) is 8.37. The molecule has 3 aromatic carbocycles. The minimum absolute atomic E-state index is 0.0475. The van der Waals surface area contributed by atoms with E-state index in [1.54, 1.807) is 20.3 Å². The number of aromatic nitrogens is 1. The van der Waals surface area contributed by atoms with E-state index in [1.807, 2.05) is 42.6 Å². The number of hydrogen-bond donors (Lipinski definition) is 3. The lowest BCUT2D eigenvalue weighted by Crippen LogP contribution is -2.10. The average molecular weight is 457 g/mol. The number of ether oxygens (including phenoxy) is 2. The summed E-state index contributed by atoms with van der Waals surface area (Å²) in [4.78, 5) is 10.6. The number of nitriles is 1. The van der Waals surface area contributed by atoms with Crippen molar-refractivity contribution in [3.8, 4) is 23.3 Å². The first kappa shape index (κ1) is 23.9. The molecule has 0 aliphatic rings. The van der Waals surface area contributed by atoms with Gasteiger partial charge in [0.25, 0.3) is 0 Å². The van der Waals surface area contributed by atoms with Crippen LogP contribution in [-0.2, 0) is 6.54 Å². The molecule has 0 aliphatic heterocycles. The third-order valence-electron chi connectivity index (χ3n) is 5.17. The molecule has 0 atom stereocenters. The number of phenols is 1. The zero-order valence-electron chi connectivity index (χ0n) is 18.8. The van der Waals surface area contributed by atoms with Crippen LogP contribution in [0, 0.1) is 16.7 Å². The van der Waals surface area contributed by atoms with Gasteiger partial charge in [-0.05, 0) is 48.0 Å². The standard InChI is InChI=1S/C18H18N2O2.C8H6N2O2/c1-21-15-8-13(9-16(10-15)22-2)12-20-7-6-17-14(11-19)4-3-5-18(17)20;9-4-6-3-5(8(10)12)1-2-7(6)11/h3-11,19H,12H2,1-2H3;1-3,11H,(H2,10,12). The van der Waals surface area contributed by atoms with Crippen LogP contribution in [-0.4, -0.2) is 36.0 Å². The number of hydrogen-bond acceptors (Lipinski definition) is 6. The number of amides is 1. The number of nitrogens with two attached hydrogens (primary N) is 1. The Hall–Kier alpha value is -4.77. The molecule has 1 amide bonds. The second-order valence-corrected chi connectivity index (χ2v) is 7.30. The Labute approximate surface area is 196 Å². The third kappa shape index (κ3) is 5.34. The van der Waals surface area contributed by atoms with Gasteiger partial charge in [0.05, 0.1) is 19.8 Å². The largest absolute Gasteiger partial charge is 0.507 e. The van der Waals surface area contributed by atoms with Crippen molar-refractivity contribution in [3.05, 3.63) is 89.1 Å². The highest BCUT2D eigenvalue weighted by atomic mass is 16.5. The summed E-state index contributed by atoms with van der Waals surface area (Å²) < 4.78 is 12.8. The predicted molar refractivity (Wildman–Crippen MR) is 130 cm³/mol. The third-order valence-corrected chi connectivity index (χ3v) is 5.17. The van der Waals surface area contributed by atoms with Gasteiger partial charge in [0, 0.05) is 47.1 Å². The molecule has 0 bridgehead atoms. The molecule has 0 saturated carbocycles. The topological polar surface area (TPSA) is 134 Å². The Kier molecular flexibility index (Phi) is 7.52. The number of benzene rings is 3. The van der Waals surface area contributed by atoms with Crippen LogP contribution in [0.5, 0.6) is 17.2 Å². The zero-order chi connectivity index (χ0) is 24.7. The molecule has 0 unspecified atom stereocenters. The van der Waals surface area contributed by atoms with Gasteiger partial charge in [-0.25, -0.2) is 0 Å². The quantitative estimate of drug-likeness (QED) is 0.376. The number of fused-ring (bicyclic) bond motifs is 1. The second-order valence-electron chi connectivity index (χ2n) is 7.30. The van der Waals surface area contributed by atoms with Crippen LogP contribution in [0.15, 0.2) is 66.9 Å². The molecular formula is C26H24N4O4. The van der Waals surface area contributed by atoms with Gasteiger partial charge in [-0.15, -0.1) is 0 Å². The predicted octanol–water partition coefficient (Wildman–Crippen LogP) is 4.07. The fourth-order valence-electron chi connectivity index (χ4n) is 3.44. The van der Waals surface area contributed by atoms with E-state index in [1.165, 1.54) is 24.4 Å². The molecule has 0 aliphatic carbocycles. The number of methoxy groups -OCH3 is 2. The first-order valence-corrected chi connectivity index (χ1v) is 10.2. The van der Waals surface area contributed by atoms with Gasteiger partial charge in [-0.2, -0.15) is 5.26 Å². The molecule has 0 saturated heterocycles. The summed E-state index contributed by atoms with van der Waals surface area (Å²) in [5, 5.41) is 26.1. The number of rotatable bonds is 6. The molecule has 4 N–H and O–H groups in total.